The molecular weight excluding hydrogens is 260 g/mol. The topological polar surface area (TPSA) is 55.7 Å². The monoisotopic (exact) mass is 276 g/mol. The van der Waals surface area contributed by atoms with Gasteiger partial charge in [0.1, 0.15) is 0 Å². The Hall–Kier alpha value is -1.53. The lowest BCUT2D eigenvalue weighted by molar-refractivity contribution is 0.0295. The minimum absolute atomic E-state index is 0.0481. The van der Waals surface area contributed by atoms with E-state index in [1.165, 1.54) is 0 Å². The third kappa shape index (κ3) is 2.21. The Morgan fingerprint density at radius 2 is 2.21 bits per heavy atom. The van der Waals surface area contributed by atoms with E-state index in [0.29, 0.717) is 4.77 Å². The molecule has 0 amide bonds. The number of pyridine rings is 1. The molecule has 0 saturated carbocycles. The Kier molecular flexibility index (Phi) is 3.20. The van der Waals surface area contributed by atoms with Crippen molar-refractivity contribution in [2.45, 2.75) is 25.3 Å². The molecule has 5 nitrogen and oxygen atoms in total. The van der Waals surface area contributed by atoms with Crippen LogP contribution in [0.25, 0.3) is 11.4 Å². The molecule has 0 radical (unpaired) electrons. The Labute approximate surface area is 116 Å². The van der Waals surface area contributed by atoms with E-state index in [9.17, 15) is 0 Å². The lowest BCUT2D eigenvalue weighted by Gasteiger charge is -2.35. The van der Waals surface area contributed by atoms with Crippen LogP contribution in [-0.2, 0) is 10.3 Å². The summed E-state index contributed by atoms with van der Waals surface area (Å²) in [5, 5.41) is 7.28. The molecule has 1 saturated heterocycles. The molecule has 19 heavy (non-hydrogen) atoms. The van der Waals surface area contributed by atoms with Gasteiger partial charge in [0, 0.05) is 31.2 Å². The fourth-order valence-electron chi connectivity index (χ4n) is 2.52. The molecule has 2 aromatic heterocycles. The molecule has 3 rings (SSSR count). The first-order chi connectivity index (χ1) is 9.21. The van der Waals surface area contributed by atoms with Gasteiger partial charge in [0.05, 0.1) is 5.54 Å². The summed E-state index contributed by atoms with van der Waals surface area (Å²) >= 11 is 5.41. The summed E-state index contributed by atoms with van der Waals surface area (Å²) in [4.78, 5) is 4.15. The number of hydrogen-bond donors (Lipinski definition) is 1. The van der Waals surface area contributed by atoms with Crippen LogP contribution in [0.15, 0.2) is 24.5 Å². The normalized spacial score (nSPS) is 18.4. The van der Waals surface area contributed by atoms with Crippen LogP contribution >= 0.6 is 12.2 Å². The van der Waals surface area contributed by atoms with Crippen LogP contribution in [0.1, 0.15) is 19.8 Å². The third-order valence-corrected chi connectivity index (χ3v) is 3.98. The maximum atomic E-state index is 5.46. The summed E-state index contributed by atoms with van der Waals surface area (Å²) in [7, 11) is 0. The highest BCUT2D eigenvalue weighted by Gasteiger charge is 2.32. The van der Waals surface area contributed by atoms with E-state index >= 15 is 0 Å². The highest BCUT2D eigenvalue weighted by atomic mass is 32.1. The quantitative estimate of drug-likeness (QED) is 0.856. The molecule has 0 spiro atoms. The van der Waals surface area contributed by atoms with Gasteiger partial charge in [0.2, 0.25) is 0 Å². The zero-order valence-corrected chi connectivity index (χ0v) is 11.6. The largest absolute Gasteiger partial charge is 0.381 e. The van der Waals surface area contributed by atoms with Gasteiger partial charge in [0.25, 0.3) is 0 Å². The maximum Gasteiger partial charge on any atom is 0.195 e. The van der Waals surface area contributed by atoms with E-state index < -0.39 is 0 Å². The molecule has 0 unspecified atom stereocenters. The average Bonchev–Trinajstić information content (AvgIpc) is 2.83. The summed E-state index contributed by atoms with van der Waals surface area (Å²) in [6.07, 6.45) is 5.44. The van der Waals surface area contributed by atoms with Gasteiger partial charge in [-0.1, -0.05) is 0 Å². The zero-order valence-electron chi connectivity index (χ0n) is 10.8. The first kappa shape index (κ1) is 12.5. The van der Waals surface area contributed by atoms with Gasteiger partial charge in [-0.05, 0) is 44.1 Å². The fraction of sp³-hybridized carbons (Fsp3) is 0.462. The van der Waals surface area contributed by atoms with Crippen molar-refractivity contribution in [1.29, 1.82) is 0 Å². The lowest BCUT2D eigenvalue weighted by atomic mass is 9.92. The molecule has 0 atom stereocenters. The van der Waals surface area contributed by atoms with Gasteiger partial charge in [0.15, 0.2) is 10.6 Å². The molecule has 100 valence electrons. The summed E-state index contributed by atoms with van der Waals surface area (Å²) in [5.41, 5.74) is 0.926. The van der Waals surface area contributed by atoms with Crippen molar-refractivity contribution in [2.24, 2.45) is 0 Å². The standard InChI is InChI=1S/C13H16N4OS/c1-13(4-7-18-8-5-13)17-11(15-16-12(17)19)10-3-2-6-14-9-10/h2-3,6,9H,4-5,7-8H2,1H3,(H,16,19). The molecule has 3 heterocycles. The molecule has 6 heteroatoms. The van der Waals surface area contributed by atoms with Crippen LogP contribution in [0.4, 0.5) is 0 Å². The smallest absolute Gasteiger partial charge is 0.195 e. The molecule has 1 fully saturated rings. The van der Waals surface area contributed by atoms with Gasteiger partial charge in [-0.3, -0.25) is 14.6 Å². The van der Waals surface area contributed by atoms with Crippen LogP contribution < -0.4 is 0 Å². The summed E-state index contributed by atoms with van der Waals surface area (Å²) in [5.74, 6) is 0.850. The SMILES string of the molecule is CC1(n2c(-c3cccnc3)n[nH]c2=S)CCOCC1. The molecule has 1 aliphatic heterocycles. The van der Waals surface area contributed by atoms with E-state index in [0.717, 1.165) is 37.4 Å². The molecule has 0 aromatic carbocycles. The number of H-pyrrole nitrogens is 1. The second-order valence-corrected chi connectivity index (χ2v) is 5.43. The van der Waals surface area contributed by atoms with Crippen LogP contribution in [0.3, 0.4) is 0 Å². The number of rotatable bonds is 2. The van der Waals surface area contributed by atoms with E-state index in [1.54, 1.807) is 6.20 Å². The van der Waals surface area contributed by atoms with Crippen LogP contribution in [0.2, 0.25) is 0 Å². The third-order valence-electron chi connectivity index (χ3n) is 3.70. The lowest BCUT2D eigenvalue weighted by Crippen LogP contribution is -2.37. The average molecular weight is 276 g/mol. The summed E-state index contributed by atoms with van der Waals surface area (Å²) in [6, 6.07) is 3.90. The first-order valence-electron chi connectivity index (χ1n) is 6.37. The van der Waals surface area contributed by atoms with Crippen molar-refractivity contribution in [2.75, 3.05) is 13.2 Å². The van der Waals surface area contributed by atoms with Crippen LogP contribution in [0.5, 0.6) is 0 Å². The molecular formula is C13H16N4OS. The second-order valence-electron chi connectivity index (χ2n) is 5.04. The van der Waals surface area contributed by atoms with Gasteiger partial charge in [-0.2, -0.15) is 5.10 Å². The number of nitrogens with one attached hydrogen (secondary N) is 1. The molecule has 1 N–H and O–H groups in total. The van der Waals surface area contributed by atoms with E-state index in [4.69, 9.17) is 17.0 Å². The van der Waals surface area contributed by atoms with E-state index in [2.05, 4.69) is 26.7 Å². The Morgan fingerprint density at radius 1 is 1.42 bits per heavy atom. The number of aromatic amines is 1. The van der Waals surface area contributed by atoms with Crippen molar-refractivity contribution >= 4 is 12.2 Å². The van der Waals surface area contributed by atoms with Gasteiger partial charge in [-0.25, -0.2) is 0 Å². The molecule has 0 aliphatic carbocycles. The predicted octanol–water partition coefficient (Wildman–Crippen LogP) is 2.53. The van der Waals surface area contributed by atoms with E-state index in [-0.39, 0.29) is 5.54 Å². The van der Waals surface area contributed by atoms with Crippen molar-refractivity contribution in [3.63, 3.8) is 0 Å². The van der Waals surface area contributed by atoms with Crippen LogP contribution in [0, 0.1) is 4.77 Å². The minimum Gasteiger partial charge on any atom is -0.381 e. The highest BCUT2D eigenvalue weighted by Crippen LogP contribution is 2.32. The molecule has 1 aliphatic rings. The van der Waals surface area contributed by atoms with Crippen molar-refractivity contribution < 1.29 is 4.74 Å². The summed E-state index contributed by atoms with van der Waals surface area (Å²) < 4.78 is 8.23. The van der Waals surface area contributed by atoms with Crippen molar-refractivity contribution in [1.82, 2.24) is 19.7 Å². The summed E-state index contributed by atoms with van der Waals surface area (Å²) in [6.45, 7) is 3.73. The first-order valence-corrected chi connectivity index (χ1v) is 6.78. The van der Waals surface area contributed by atoms with Crippen molar-refractivity contribution in [3.8, 4) is 11.4 Å². The number of ether oxygens (including phenoxy) is 1. The van der Waals surface area contributed by atoms with Gasteiger partial charge < -0.3 is 4.74 Å². The molecule has 0 bridgehead atoms. The molecule has 2 aromatic rings. The Morgan fingerprint density at radius 3 is 2.89 bits per heavy atom. The maximum absolute atomic E-state index is 5.46. The second kappa shape index (κ2) is 4.86. The number of aromatic nitrogens is 4. The number of hydrogen-bond acceptors (Lipinski definition) is 4. The predicted molar refractivity (Wildman–Crippen MR) is 74.3 cm³/mol. The number of nitrogens with zero attached hydrogens (tertiary/aromatic N) is 3. The zero-order chi connectivity index (χ0) is 13.3. The van der Waals surface area contributed by atoms with Gasteiger partial charge in [-0.15, -0.1) is 0 Å². The van der Waals surface area contributed by atoms with Crippen LogP contribution in [-0.4, -0.2) is 33.0 Å². The van der Waals surface area contributed by atoms with Crippen molar-refractivity contribution in [3.05, 3.63) is 29.3 Å². The Bertz CT molecular complexity index is 613. The van der Waals surface area contributed by atoms with Gasteiger partial charge >= 0.3 is 0 Å². The Balaban J connectivity index is 2.11. The minimum atomic E-state index is -0.0481. The highest BCUT2D eigenvalue weighted by molar-refractivity contribution is 7.71. The van der Waals surface area contributed by atoms with E-state index in [1.807, 2.05) is 18.3 Å². The fourth-order valence-corrected chi connectivity index (χ4v) is 2.87.